The van der Waals surface area contributed by atoms with Crippen molar-refractivity contribution in [3.8, 4) is 17.2 Å². The Morgan fingerprint density at radius 2 is 1.67 bits per heavy atom. The third kappa shape index (κ3) is 3.15. The van der Waals surface area contributed by atoms with Gasteiger partial charge in [-0.25, -0.2) is 4.79 Å². The van der Waals surface area contributed by atoms with Crippen LogP contribution in [0.3, 0.4) is 0 Å². The van der Waals surface area contributed by atoms with Crippen molar-refractivity contribution >= 4 is 11.9 Å². The van der Waals surface area contributed by atoms with Gasteiger partial charge in [-0.15, -0.1) is 0 Å². The standard InChI is InChI=1S/C17H21NO6/c1-9-15(17(20)24-5)11(8-14(19)18-9)10-6-12(21-2)16(23-4)13(7-10)22-3/h6-7,11H,8H2,1-5H3,(H,18,19)/t11-/m0/s1. The van der Waals surface area contributed by atoms with E-state index in [2.05, 4.69) is 5.32 Å². The lowest BCUT2D eigenvalue weighted by atomic mass is 9.84. The fraction of sp³-hybridized carbons (Fsp3) is 0.412. The maximum Gasteiger partial charge on any atom is 0.336 e. The van der Waals surface area contributed by atoms with Crippen LogP contribution < -0.4 is 19.5 Å². The summed E-state index contributed by atoms with van der Waals surface area (Å²) >= 11 is 0. The summed E-state index contributed by atoms with van der Waals surface area (Å²) in [5.74, 6) is 0.258. The van der Waals surface area contributed by atoms with Crippen LogP contribution in [0.4, 0.5) is 0 Å². The number of hydrogen-bond donors (Lipinski definition) is 1. The van der Waals surface area contributed by atoms with Crippen LogP contribution in [-0.2, 0) is 14.3 Å². The lowest BCUT2D eigenvalue weighted by Gasteiger charge is -2.27. The highest BCUT2D eigenvalue weighted by Gasteiger charge is 2.33. The Balaban J connectivity index is 2.61. The van der Waals surface area contributed by atoms with Crippen LogP contribution in [0.5, 0.6) is 17.2 Å². The highest BCUT2D eigenvalue weighted by molar-refractivity contribution is 5.95. The van der Waals surface area contributed by atoms with Gasteiger partial charge in [0.25, 0.3) is 0 Å². The molecule has 1 aliphatic rings. The van der Waals surface area contributed by atoms with Crippen molar-refractivity contribution in [3.63, 3.8) is 0 Å². The predicted molar refractivity (Wildman–Crippen MR) is 86.3 cm³/mol. The molecule has 0 saturated carbocycles. The maximum atomic E-state index is 12.2. The smallest absolute Gasteiger partial charge is 0.336 e. The normalized spacial score (nSPS) is 17.2. The molecular weight excluding hydrogens is 314 g/mol. The minimum atomic E-state index is -0.480. The Labute approximate surface area is 140 Å². The molecule has 1 amide bonds. The molecule has 2 rings (SSSR count). The summed E-state index contributed by atoms with van der Waals surface area (Å²) in [7, 11) is 5.84. The lowest BCUT2D eigenvalue weighted by Crippen LogP contribution is -2.34. The Morgan fingerprint density at radius 3 is 2.12 bits per heavy atom. The number of carbonyl (C=O) groups excluding carboxylic acids is 2. The van der Waals surface area contributed by atoms with E-state index in [1.807, 2.05) is 0 Å². The van der Waals surface area contributed by atoms with Gasteiger partial charge in [-0.3, -0.25) is 4.79 Å². The second-order valence-corrected chi connectivity index (χ2v) is 5.29. The predicted octanol–water partition coefficient (Wildman–Crippen LogP) is 1.76. The quantitative estimate of drug-likeness (QED) is 0.826. The molecule has 7 heteroatoms. The van der Waals surface area contributed by atoms with Gasteiger partial charge in [-0.05, 0) is 24.6 Å². The van der Waals surface area contributed by atoms with E-state index in [0.29, 0.717) is 34.1 Å². The zero-order valence-corrected chi connectivity index (χ0v) is 14.4. The van der Waals surface area contributed by atoms with Crippen molar-refractivity contribution < 1.29 is 28.5 Å². The first-order chi connectivity index (χ1) is 11.5. The van der Waals surface area contributed by atoms with Crippen molar-refractivity contribution in [2.75, 3.05) is 28.4 Å². The summed E-state index contributed by atoms with van der Waals surface area (Å²) in [5, 5.41) is 2.68. The Morgan fingerprint density at radius 1 is 1.08 bits per heavy atom. The molecule has 1 aliphatic heterocycles. The molecule has 0 aromatic heterocycles. The van der Waals surface area contributed by atoms with E-state index in [1.165, 1.54) is 28.4 Å². The van der Waals surface area contributed by atoms with Crippen LogP contribution in [0.2, 0.25) is 0 Å². The van der Waals surface area contributed by atoms with E-state index < -0.39 is 11.9 Å². The first-order valence-corrected chi connectivity index (χ1v) is 7.35. The third-order valence-corrected chi connectivity index (χ3v) is 3.96. The van der Waals surface area contributed by atoms with E-state index in [0.717, 1.165) is 0 Å². The molecule has 7 nitrogen and oxygen atoms in total. The number of amides is 1. The van der Waals surface area contributed by atoms with Gasteiger partial charge in [-0.2, -0.15) is 0 Å². The molecule has 130 valence electrons. The number of methoxy groups -OCH3 is 4. The Bertz CT molecular complexity index is 669. The second kappa shape index (κ2) is 7.25. The van der Waals surface area contributed by atoms with Crippen LogP contribution in [-0.4, -0.2) is 40.3 Å². The molecule has 1 N–H and O–H groups in total. The molecule has 0 fully saturated rings. The SMILES string of the molecule is COC(=O)C1=C(C)NC(=O)C[C@H]1c1cc(OC)c(OC)c(OC)c1. The van der Waals surface area contributed by atoms with E-state index in [1.54, 1.807) is 19.1 Å². The zero-order valence-electron chi connectivity index (χ0n) is 14.4. The number of benzene rings is 1. The fourth-order valence-corrected chi connectivity index (χ4v) is 2.87. The van der Waals surface area contributed by atoms with Gasteiger partial charge in [0.15, 0.2) is 11.5 Å². The summed E-state index contributed by atoms with van der Waals surface area (Å²) in [5.41, 5.74) is 1.60. The molecule has 24 heavy (non-hydrogen) atoms. The van der Waals surface area contributed by atoms with Crippen molar-refractivity contribution in [2.24, 2.45) is 0 Å². The van der Waals surface area contributed by atoms with Crippen molar-refractivity contribution in [3.05, 3.63) is 29.0 Å². The first-order valence-electron chi connectivity index (χ1n) is 7.35. The summed E-state index contributed by atoms with van der Waals surface area (Å²) < 4.78 is 20.9. The first kappa shape index (κ1) is 17.7. The molecule has 1 aromatic rings. The van der Waals surface area contributed by atoms with Gasteiger partial charge >= 0.3 is 5.97 Å². The average Bonchev–Trinajstić information content (AvgIpc) is 2.58. The lowest BCUT2D eigenvalue weighted by molar-refractivity contribution is -0.136. The number of nitrogens with one attached hydrogen (secondary N) is 1. The van der Waals surface area contributed by atoms with Crippen molar-refractivity contribution in [2.45, 2.75) is 19.3 Å². The van der Waals surface area contributed by atoms with Crippen LogP contribution >= 0.6 is 0 Å². The van der Waals surface area contributed by atoms with E-state index in [9.17, 15) is 9.59 Å². The zero-order chi connectivity index (χ0) is 17.9. The number of allylic oxidation sites excluding steroid dienone is 1. The number of carbonyl (C=O) groups is 2. The third-order valence-electron chi connectivity index (χ3n) is 3.96. The summed E-state index contributed by atoms with van der Waals surface area (Å²) in [6.07, 6.45) is 0.125. The molecule has 0 saturated heterocycles. The molecule has 1 aromatic carbocycles. The molecule has 0 unspecified atom stereocenters. The Kier molecular flexibility index (Phi) is 5.33. The number of hydrogen-bond acceptors (Lipinski definition) is 6. The summed E-state index contributed by atoms with van der Waals surface area (Å²) in [4.78, 5) is 24.1. The van der Waals surface area contributed by atoms with Crippen LogP contribution in [0.1, 0.15) is 24.8 Å². The number of ether oxygens (including phenoxy) is 4. The summed E-state index contributed by atoms with van der Waals surface area (Å²) in [6, 6.07) is 3.47. The van der Waals surface area contributed by atoms with Gasteiger partial charge in [0.05, 0.1) is 34.0 Å². The molecule has 0 bridgehead atoms. The van der Waals surface area contributed by atoms with Crippen LogP contribution in [0.15, 0.2) is 23.4 Å². The van der Waals surface area contributed by atoms with Gasteiger partial charge in [-0.1, -0.05) is 0 Å². The number of rotatable bonds is 5. The van der Waals surface area contributed by atoms with Gasteiger partial charge in [0, 0.05) is 18.0 Å². The monoisotopic (exact) mass is 335 g/mol. The van der Waals surface area contributed by atoms with Crippen LogP contribution in [0, 0.1) is 0 Å². The van der Waals surface area contributed by atoms with E-state index >= 15 is 0 Å². The molecule has 0 aliphatic carbocycles. The second-order valence-electron chi connectivity index (χ2n) is 5.29. The van der Waals surface area contributed by atoms with Gasteiger partial charge in [0.1, 0.15) is 0 Å². The topological polar surface area (TPSA) is 83.1 Å². The molecule has 1 heterocycles. The van der Waals surface area contributed by atoms with Crippen molar-refractivity contribution in [1.82, 2.24) is 5.32 Å². The van der Waals surface area contributed by atoms with Gasteiger partial charge < -0.3 is 24.3 Å². The molecule has 1 atom stereocenters. The minimum absolute atomic E-state index is 0.125. The molecule has 0 radical (unpaired) electrons. The van der Waals surface area contributed by atoms with E-state index in [-0.39, 0.29) is 12.3 Å². The Hall–Kier alpha value is -2.70. The van der Waals surface area contributed by atoms with Gasteiger partial charge in [0.2, 0.25) is 11.7 Å². The maximum absolute atomic E-state index is 12.2. The largest absolute Gasteiger partial charge is 0.493 e. The van der Waals surface area contributed by atoms with Crippen LogP contribution in [0.25, 0.3) is 0 Å². The minimum Gasteiger partial charge on any atom is -0.493 e. The average molecular weight is 335 g/mol. The molecule has 0 spiro atoms. The highest BCUT2D eigenvalue weighted by atomic mass is 16.5. The summed E-state index contributed by atoms with van der Waals surface area (Å²) in [6.45, 7) is 1.67. The van der Waals surface area contributed by atoms with E-state index in [4.69, 9.17) is 18.9 Å². The van der Waals surface area contributed by atoms with Crippen molar-refractivity contribution in [1.29, 1.82) is 0 Å². The molecular formula is C17H21NO6. The highest BCUT2D eigenvalue weighted by Crippen LogP contribution is 2.43. The number of esters is 1. The fourth-order valence-electron chi connectivity index (χ4n) is 2.87.